The highest BCUT2D eigenvalue weighted by Crippen LogP contribution is 2.25. The summed E-state index contributed by atoms with van der Waals surface area (Å²) in [7, 11) is 3.27. The molecule has 2 aromatic carbocycles. The highest BCUT2D eigenvalue weighted by molar-refractivity contribution is 5.94. The third kappa shape index (κ3) is 6.31. The largest absolute Gasteiger partial charge is 0.497 e. The fourth-order valence-corrected chi connectivity index (χ4v) is 3.18. The lowest BCUT2D eigenvalue weighted by Crippen LogP contribution is -2.10. The van der Waals surface area contributed by atoms with Gasteiger partial charge in [-0.1, -0.05) is 37.1 Å². The number of rotatable bonds is 11. The van der Waals surface area contributed by atoms with Crippen LogP contribution in [0.15, 0.2) is 42.5 Å². The Kier molecular flexibility index (Phi) is 8.69. The molecule has 4 nitrogen and oxygen atoms in total. The molecule has 0 amide bonds. The van der Waals surface area contributed by atoms with Crippen molar-refractivity contribution in [2.45, 2.75) is 45.4 Å². The summed E-state index contributed by atoms with van der Waals surface area (Å²) in [5, 5.41) is 0. The Morgan fingerprint density at radius 3 is 2.19 bits per heavy atom. The van der Waals surface area contributed by atoms with E-state index in [0.29, 0.717) is 17.9 Å². The Bertz CT molecular complexity index is 707. The van der Waals surface area contributed by atoms with Gasteiger partial charge in [-0.2, -0.15) is 0 Å². The first kappa shape index (κ1) is 20.8. The SMILES string of the molecule is CCOC(=O)c1c(CCCCCCc2ccc(OC)cc2)cccc1OC. The standard InChI is InChI=1S/C23H30O4/c1-4-27-23(24)22-19(12-9-13-21(22)26-3)11-8-6-5-7-10-18-14-16-20(25-2)17-15-18/h9,12-17H,4-8,10-11H2,1-3H3. The molecule has 2 rings (SSSR count). The van der Waals surface area contributed by atoms with Crippen molar-refractivity contribution in [2.75, 3.05) is 20.8 Å². The molecular formula is C23H30O4. The summed E-state index contributed by atoms with van der Waals surface area (Å²) in [6.07, 6.45) is 6.45. The zero-order chi connectivity index (χ0) is 19.5. The zero-order valence-electron chi connectivity index (χ0n) is 16.6. The summed E-state index contributed by atoms with van der Waals surface area (Å²) >= 11 is 0. The third-order valence-corrected chi connectivity index (χ3v) is 4.63. The monoisotopic (exact) mass is 370 g/mol. The fraction of sp³-hybridized carbons (Fsp3) is 0.435. The number of carbonyl (C=O) groups is 1. The van der Waals surface area contributed by atoms with E-state index in [1.807, 2.05) is 37.3 Å². The van der Waals surface area contributed by atoms with Gasteiger partial charge in [0.25, 0.3) is 0 Å². The highest BCUT2D eigenvalue weighted by atomic mass is 16.5. The van der Waals surface area contributed by atoms with Crippen molar-refractivity contribution in [3.8, 4) is 11.5 Å². The molecule has 0 spiro atoms. The van der Waals surface area contributed by atoms with E-state index >= 15 is 0 Å². The van der Waals surface area contributed by atoms with Crippen LogP contribution in [-0.4, -0.2) is 26.8 Å². The van der Waals surface area contributed by atoms with Gasteiger partial charge in [0.1, 0.15) is 17.1 Å². The molecule has 0 N–H and O–H groups in total. The number of benzene rings is 2. The smallest absolute Gasteiger partial charge is 0.342 e. The first-order chi connectivity index (χ1) is 13.2. The topological polar surface area (TPSA) is 44.8 Å². The molecule has 0 saturated carbocycles. The van der Waals surface area contributed by atoms with Gasteiger partial charge in [0.2, 0.25) is 0 Å². The van der Waals surface area contributed by atoms with Crippen LogP contribution in [0.3, 0.4) is 0 Å². The van der Waals surface area contributed by atoms with Gasteiger partial charge in [0.05, 0.1) is 20.8 Å². The lowest BCUT2D eigenvalue weighted by atomic mass is 9.99. The first-order valence-electron chi connectivity index (χ1n) is 9.65. The summed E-state index contributed by atoms with van der Waals surface area (Å²) in [5.74, 6) is 1.18. The molecule has 0 aromatic heterocycles. The number of esters is 1. The van der Waals surface area contributed by atoms with Crippen molar-refractivity contribution in [3.63, 3.8) is 0 Å². The van der Waals surface area contributed by atoms with E-state index in [1.54, 1.807) is 14.2 Å². The lowest BCUT2D eigenvalue weighted by molar-refractivity contribution is 0.0521. The Labute approximate surface area is 162 Å². The second-order valence-electron chi connectivity index (χ2n) is 6.48. The Morgan fingerprint density at radius 2 is 1.56 bits per heavy atom. The first-order valence-corrected chi connectivity index (χ1v) is 9.65. The normalized spacial score (nSPS) is 10.5. The molecule has 0 aliphatic carbocycles. The summed E-state index contributed by atoms with van der Waals surface area (Å²) in [6.45, 7) is 2.18. The van der Waals surface area contributed by atoms with Gasteiger partial charge in [0.15, 0.2) is 0 Å². The summed E-state index contributed by atoms with van der Waals surface area (Å²) in [4.78, 5) is 12.3. The minimum atomic E-state index is -0.301. The van der Waals surface area contributed by atoms with Crippen molar-refractivity contribution in [1.82, 2.24) is 0 Å². The van der Waals surface area contributed by atoms with Crippen molar-refractivity contribution >= 4 is 5.97 Å². The van der Waals surface area contributed by atoms with Crippen LogP contribution in [0.25, 0.3) is 0 Å². The van der Waals surface area contributed by atoms with Gasteiger partial charge in [-0.15, -0.1) is 0 Å². The van der Waals surface area contributed by atoms with E-state index in [9.17, 15) is 4.79 Å². The second kappa shape index (κ2) is 11.3. The van der Waals surface area contributed by atoms with Crippen LogP contribution in [0, 0.1) is 0 Å². The van der Waals surface area contributed by atoms with Crippen molar-refractivity contribution in [2.24, 2.45) is 0 Å². The molecule has 0 unspecified atom stereocenters. The van der Waals surface area contributed by atoms with Gasteiger partial charge in [-0.25, -0.2) is 4.79 Å². The lowest BCUT2D eigenvalue weighted by Gasteiger charge is -2.13. The van der Waals surface area contributed by atoms with Crippen LogP contribution in [0.1, 0.15) is 54.1 Å². The maximum atomic E-state index is 12.3. The fourth-order valence-electron chi connectivity index (χ4n) is 3.18. The van der Waals surface area contributed by atoms with Crippen LogP contribution in [0.4, 0.5) is 0 Å². The van der Waals surface area contributed by atoms with Crippen molar-refractivity contribution < 1.29 is 19.0 Å². The quantitative estimate of drug-likeness (QED) is 0.401. The van der Waals surface area contributed by atoms with E-state index < -0.39 is 0 Å². The summed E-state index contributed by atoms with van der Waals surface area (Å²) in [6, 6.07) is 14.0. The molecule has 4 heteroatoms. The summed E-state index contributed by atoms with van der Waals surface area (Å²) < 4.78 is 15.7. The molecule has 27 heavy (non-hydrogen) atoms. The van der Waals surface area contributed by atoms with Crippen LogP contribution in [0.5, 0.6) is 11.5 Å². The second-order valence-corrected chi connectivity index (χ2v) is 6.48. The number of aryl methyl sites for hydroxylation is 2. The molecule has 0 radical (unpaired) electrons. The van der Waals surface area contributed by atoms with E-state index in [0.717, 1.165) is 43.4 Å². The number of ether oxygens (including phenoxy) is 3. The Hall–Kier alpha value is -2.49. The minimum absolute atomic E-state index is 0.301. The van der Waals surface area contributed by atoms with E-state index in [4.69, 9.17) is 14.2 Å². The number of methoxy groups -OCH3 is 2. The number of hydrogen-bond donors (Lipinski definition) is 0. The number of hydrogen-bond acceptors (Lipinski definition) is 4. The van der Waals surface area contributed by atoms with E-state index in [2.05, 4.69) is 12.1 Å². The van der Waals surface area contributed by atoms with Crippen molar-refractivity contribution in [1.29, 1.82) is 0 Å². The molecule has 0 aliphatic rings. The van der Waals surface area contributed by atoms with Crippen LogP contribution in [-0.2, 0) is 17.6 Å². The molecule has 146 valence electrons. The molecule has 0 aliphatic heterocycles. The van der Waals surface area contributed by atoms with Crippen LogP contribution < -0.4 is 9.47 Å². The molecule has 2 aromatic rings. The van der Waals surface area contributed by atoms with Crippen LogP contribution in [0.2, 0.25) is 0 Å². The van der Waals surface area contributed by atoms with Crippen LogP contribution >= 0.6 is 0 Å². The number of unbranched alkanes of at least 4 members (excludes halogenated alkanes) is 3. The maximum absolute atomic E-state index is 12.3. The van der Waals surface area contributed by atoms with E-state index in [-0.39, 0.29) is 5.97 Å². The maximum Gasteiger partial charge on any atom is 0.342 e. The van der Waals surface area contributed by atoms with Gasteiger partial charge >= 0.3 is 5.97 Å². The average molecular weight is 370 g/mol. The molecule has 0 atom stereocenters. The highest BCUT2D eigenvalue weighted by Gasteiger charge is 2.17. The molecule has 0 saturated heterocycles. The predicted octanol–water partition coefficient (Wildman–Crippen LogP) is 5.23. The van der Waals surface area contributed by atoms with Gasteiger partial charge < -0.3 is 14.2 Å². The number of carbonyl (C=O) groups excluding carboxylic acids is 1. The predicted molar refractivity (Wildman–Crippen MR) is 108 cm³/mol. The van der Waals surface area contributed by atoms with E-state index in [1.165, 1.54) is 12.0 Å². The minimum Gasteiger partial charge on any atom is -0.497 e. The van der Waals surface area contributed by atoms with Gasteiger partial charge in [-0.3, -0.25) is 0 Å². The third-order valence-electron chi connectivity index (χ3n) is 4.63. The Balaban J connectivity index is 1.80. The molecule has 0 bridgehead atoms. The average Bonchev–Trinajstić information content (AvgIpc) is 2.70. The van der Waals surface area contributed by atoms with Gasteiger partial charge in [0, 0.05) is 0 Å². The molecule has 0 heterocycles. The van der Waals surface area contributed by atoms with Gasteiger partial charge in [-0.05, 0) is 61.9 Å². The summed E-state index contributed by atoms with van der Waals surface area (Å²) in [5.41, 5.74) is 2.91. The van der Waals surface area contributed by atoms with Crippen molar-refractivity contribution in [3.05, 3.63) is 59.2 Å². The molecular weight excluding hydrogens is 340 g/mol. The molecule has 0 fully saturated rings. The zero-order valence-corrected chi connectivity index (χ0v) is 16.6. The Morgan fingerprint density at radius 1 is 0.852 bits per heavy atom.